The van der Waals surface area contributed by atoms with Crippen LogP contribution in [0.4, 0.5) is 0 Å². The van der Waals surface area contributed by atoms with Crippen molar-refractivity contribution < 1.29 is 18.3 Å². The number of sulfone groups is 1. The van der Waals surface area contributed by atoms with Crippen LogP contribution in [0.2, 0.25) is 0 Å². The Morgan fingerprint density at radius 1 is 1.19 bits per heavy atom. The van der Waals surface area contributed by atoms with Crippen molar-refractivity contribution >= 4 is 9.84 Å². The molecule has 3 heterocycles. The van der Waals surface area contributed by atoms with Crippen LogP contribution >= 0.6 is 0 Å². The number of aromatic nitrogens is 2. The first kappa shape index (κ1) is 16.5. The number of rotatable bonds is 2. The Hall–Kier alpha value is -2.64. The minimum absolute atomic E-state index is 0.0866. The second-order valence-corrected chi connectivity index (χ2v) is 9.13. The molecule has 2 aromatic carbocycles. The van der Waals surface area contributed by atoms with Gasteiger partial charge in [0.05, 0.1) is 41.9 Å². The first-order valence-electron chi connectivity index (χ1n) is 8.71. The topological polar surface area (TPSA) is 81.4 Å². The lowest BCUT2D eigenvalue weighted by molar-refractivity contribution is 0.0310. The monoisotopic (exact) mass is 382 g/mol. The molecule has 3 aromatic rings. The van der Waals surface area contributed by atoms with Gasteiger partial charge < -0.3 is 14.4 Å². The summed E-state index contributed by atoms with van der Waals surface area (Å²) in [5.74, 6) is 0.219. The molecule has 7 heteroatoms. The molecule has 0 fully saturated rings. The number of hydrogen-bond donors (Lipinski definition) is 1. The Bertz CT molecular complexity index is 1150. The summed E-state index contributed by atoms with van der Waals surface area (Å²) < 4.78 is 31.6. The fraction of sp³-hybridized carbons (Fsp3) is 0.250. The number of aliphatic hydroxyl groups is 1. The van der Waals surface area contributed by atoms with Crippen molar-refractivity contribution in [2.45, 2.75) is 17.0 Å². The highest BCUT2D eigenvalue weighted by atomic mass is 32.2. The molecule has 1 aromatic heterocycles. The SMILES string of the molecule is CS(=O)(=O)c1ccc2c(c1)OC[C@@H](C1c3ccccc3-c3cncn31)[C@@H]2O. The molecule has 0 radical (unpaired) electrons. The second kappa shape index (κ2) is 5.68. The molecule has 27 heavy (non-hydrogen) atoms. The second-order valence-electron chi connectivity index (χ2n) is 7.11. The van der Waals surface area contributed by atoms with Crippen LogP contribution in [0.3, 0.4) is 0 Å². The van der Waals surface area contributed by atoms with Gasteiger partial charge in [-0.1, -0.05) is 30.3 Å². The average Bonchev–Trinajstić information content (AvgIpc) is 3.22. The lowest BCUT2D eigenvalue weighted by Crippen LogP contribution is -2.33. The largest absolute Gasteiger partial charge is 0.493 e. The lowest BCUT2D eigenvalue weighted by Gasteiger charge is -2.35. The number of imidazole rings is 1. The number of aliphatic hydroxyl groups excluding tert-OH is 1. The van der Waals surface area contributed by atoms with Gasteiger partial charge in [0, 0.05) is 23.3 Å². The van der Waals surface area contributed by atoms with Crippen molar-refractivity contribution in [2.75, 3.05) is 12.9 Å². The van der Waals surface area contributed by atoms with E-state index in [-0.39, 0.29) is 23.5 Å². The predicted octanol–water partition coefficient (Wildman–Crippen LogP) is 2.60. The maximum Gasteiger partial charge on any atom is 0.175 e. The van der Waals surface area contributed by atoms with Crippen LogP contribution in [0.1, 0.15) is 23.3 Å². The first-order chi connectivity index (χ1) is 12.9. The van der Waals surface area contributed by atoms with Crippen molar-refractivity contribution in [3.05, 3.63) is 66.1 Å². The highest BCUT2D eigenvalue weighted by Gasteiger charge is 2.41. The van der Waals surface area contributed by atoms with Crippen LogP contribution < -0.4 is 4.74 Å². The molecule has 0 amide bonds. The van der Waals surface area contributed by atoms with Crippen molar-refractivity contribution in [1.29, 1.82) is 0 Å². The van der Waals surface area contributed by atoms with Crippen LogP contribution in [0, 0.1) is 5.92 Å². The molecule has 0 saturated carbocycles. The smallest absolute Gasteiger partial charge is 0.175 e. The van der Waals surface area contributed by atoms with Gasteiger partial charge in [0.2, 0.25) is 0 Å². The first-order valence-corrected chi connectivity index (χ1v) is 10.6. The van der Waals surface area contributed by atoms with Crippen LogP contribution in [0.5, 0.6) is 5.75 Å². The number of fused-ring (bicyclic) bond motifs is 4. The molecular weight excluding hydrogens is 364 g/mol. The third-order valence-corrected chi connectivity index (χ3v) is 6.61. The molecule has 3 atom stereocenters. The van der Waals surface area contributed by atoms with E-state index in [9.17, 15) is 13.5 Å². The molecule has 6 nitrogen and oxygen atoms in total. The molecule has 0 saturated heterocycles. The van der Waals surface area contributed by atoms with Gasteiger partial charge in [-0.3, -0.25) is 0 Å². The average molecular weight is 382 g/mol. The van der Waals surface area contributed by atoms with Gasteiger partial charge in [-0.05, 0) is 17.7 Å². The van der Waals surface area contributed by atoms with Crippen molar-refractivity contribution in [1.82, 2.24) is 9.55 Å². The van der Waals surface area contributed by atoms with Gasteiger partial charge in [0.1, 0.15) is 5.75 Å². The summed E-state index contributed by atoms with van der Waals surface area (Å²) in [6.45, 7) is 0.290. The highest BCUT2D eigenvalue weighted by Crippen LogP contribution is 2.49. The number of ether oxygens (including phenoxy) is 1. The zero-order chi connectivity index (χ0) is 18.8. The van der Waals surface area contributed by atoms with Crippen molar-refractivity contribution in [3.63, 3.8) is 0 Å². The number of benzene rings is 2. The predicted molar refractivity (Wildman–Crippen MR) is 99.3 cm³/mol. The van der Waals surface area contributed by atoms with E-state index in [0.29, 0.717) is 11.3 Å². The molecule has 0 bridgehead atoms. The zero-order valence-corrected chi connectivity index (χ0v) is 15.4. The van der Waals surface area contributed by atoms with E-state index in [1.165, 1.54) is 12.1 Å². The minimum Gasteiger partial charge on any atom is -0.493 e. The third kappa shape index (κ3) is 2.42. The quantitative estimate of drug-likeness (QED) is 0.737. The standard InChI is InChI=1S/C20H18N2O4S/c1-27(24,25)12-6-7-15-18(8-12)26-10-16(20(15)23)19-14-5-3-2-4-13(14)17-9-21-11-22(17)19/h2-9,11,16,19-20,23H,10H2,1H3/t16-,19?,20+/m0/s1. The number of nitrogens with zero attached hydrogens (tertiary/aromatic N) is 2. The van der Waals surface area contributed by atoms with E-state index in [0.717, 1.165) is 23.1 Å². The molecule has 1 N–H and O–H groups in total. The molecule has 2 aliphatic rings. The normalized spacial score (nSPS) is 23.3. The van der Waals surface area contributed by atoms with Crippen LogP contribution in [-0.2, 0) is 9.84 Å². The maximum atomic E-state index is 11.8. The molecule has 2 aliphatic heterocycles. The maximum absolute atomic E-state index is 11.8. The summed E-state index contributed by atoms with van der Waals surface area (Å²) in [6, 6.07) is 12.7. The minimum atomic E-state index is -3.33. The molecule has 5 rings (SSSR count). The zero-order valence-electron chi connectivity index (χ0n) is 14.6. The van der Waals surface area contributed by atoms with Gasteiger partial charge in [-0.2, -0.15) is 0 Å². The Balaban J connectivity index is 1.57. The number of hydrogen-bond acceptors (Lipinski definition) is 5. The lowest BCUT2D eigenvalue weighted by atomic mass is 9.84. The summed E-state index contributed by atoms with van der Waals surface area (Å²) in [5, 5.41) is 11.1. The van der Waals surface area contributed by atoms with E-state index in [1.807, 2.05) is 18.3 Å². The fourth-order valence-corrected chi connectivity index (χ4v) is 4.83. The van der Waals surface area contributed by atoms with Gasteiger partial charge in [0.15, 0.2) is 9.84 Å². The van der Waals surface area contributed by atoms with Gasteiger partial charge in [0.25, 0.3) is 0 Å². The molecular formula is C20H18N2O4S. The molecule has 138 valence electrons. The van der Waals surface area contributed by atoms with Crippen molar-refractivity contribution in [2.24, 2.45) is 5.92 Å². The summed E-state index contributed by atoms with van der Waals surface area (Å²) >= 11 is 0. The van der Waals surface area contributed by atoms with E-state index in [2.05, 4.69) is 21.7 Å². The van der Waals surface area contributed by atoms with Gasteiger partial charge >= 0.3 is 0 Å². The van der Waals surface area contributed by atoms with Crippen LogP contribution in [-0.4, -0.2) is 35.9 Å². The van der Waals surface area contributed by atoms with Crippen LogP contribution in [0.25, 0.3) is 11.3 Å². The summed E-state index contributed by atoms with van der Waals surface area (Å²) in [5.41, 5.74) is 3.90. The Morgan fingerprint density at radius 3 is 2.81 bits per heavy atom. The van der Waals surface area contributed by atoms with E-state index in [1.54, 1.807) is 12.4 Å². The molecule has 1 unspecified atom stereocenters. The highest BCUT2D eigenvalue weighted by molar-refractivity contribution is 7.90. The Labute approximate surface area is 157 Å². The van der Waals surface area contributed by atoms with Crippen LogP contribution in [0.15, 0.2) is 59.9 Å². The summed E-state index contributed by atoms with van der Waals surface area (Å²) in [7, 11) is -3.33. The Kier molecular flexibility index (Phi) is 3.47. The summed E-state index contributed by atoms with van der Waals surface area (Å²) in [4.78, 5) is 4.46. The van der Waals surface area contributed by atoms with E-state index < -0.39 is 15.9 Å². The third-order valence-electron chi connectivity index (χ3n) is 5.50. The van der Waals surface area contributed by atoms with E-state index >= 15 is 0 Å². The fourth-order valence-electron chi connectivity index (χ4n) is 4.20. The van der Waals surface area contributed by atoms with Gasteiger partial charge in [-0.25, -0.2) is 13.4 Å². The molecule has 0 spiro atoms. The molecule has 0 aliphatic carbocycles. The van der Waals surface area contributed by atoms with E-state index in [4.69, 9.17) is 4.74 Å². The Morgan fingerprint density at radius 2 is 2.00 bits per heavy atom. The van der Waals surface area contributed by atoms with Gasteiger partial charge in [-0.15, -0.1) is 0 Å². The summed E-state index contributed by atoms with van der Waals surface area (Å²) in [6.07, 6.45) is 4.01. The van der Waals surface area contributed by atoms with Crippen molar-refractivity contribution in [3.8, 4) is 17.0 Å².